The van der Waals surface area contributed by atoms with Crippen LogP contribution in [0.1, 0.15) is 17.4 Å². The molecule has 0 saturated carbocycles. The number of thiazole rings is 1. The topological polar surface area (TPSA) is 33.1 Å². The van der Waals surface area contributed by atoms with Gasteiger partial charge in [0, 0.05) is 10.9 Å². The number of thiophene rings is 1. The molecule has 6 heteroatoms. The molecular weight excluding hydrogens is 261 g/mol. The van der Waals surface area contributed by atoms with Gasteiger partial charge in [0.15, 0.2) is 0 Å². The Morgan fingerprint density at radius 2 is 2.21 bits per heavy atom. The van der Waals surface area contributed by atoms with E-state index < -0.39 is 6.10 Å². The molecule has 1 atom stereocenters. The summed E-state index contributed by atoms with van der Waals surface area (Å²) < 4.78 is 1.08. The maximum Gasteiger partial charge on any atom is 0.124 e. The maximum absolute atomic E-state index is 9.88. The van der Waals surface area contributed by atoms with E-state index in [1.165, 1.54) is 22.7 Å². The van der Waals surface area contributed by atoms with Crippen LogP contribution < -0.4 is 0 Å². The van der Waals surface area contributed by atoms with E-state index in [2.05, 4.69) is 4.98 Å². The summed E-state index contributed by atoms with van der Waals surface area (Å²) in [4.78, 5) is 4.01. The molecule has 0 bridgehead atoms. The Hall–Kier alpha value is -0.130. The summed E-state index contributed by atoms with van der Waals surface area (Å²) >= 11 is 14.4. The lowest BCUT2D eigenvalue weighted by atomic mass is 10.1. The van der Waals surface area contributed by atoms with Gasteiger partial charge in [0.1, 0.15) is 10.4 Å². The smallest absolute Gasteiger partial charge is 0.124 e. The molecule has 14 heavy (non-hydrogen) atoms. The Kier molecular flexibility index (Phi) is 3.09. The molecule has 0 aromatic carbocycles. The molecule has 0 aliphatic carbocycles. The monoisotopic (exact) mass is 265 g/mol. The largest absolute Gasteiger partial charge is 0.382 e. The van der Waals surface area contributed by atoms with Gasteiger partial charge < -0.3 is 5.11 Å². The highest BCUT2D eigenvalue weighted by molar-refractivity contribution is 7.20. The summed E-state index contributed by atoms with van der Waals surface area (Å²) in [6, 6.07) is 1.67. The third-order valence-corrected chi connectivity index (χ3v) is 3.83. The van der Waals surface area contributed by atoms with Crippen molar-refractivity contribution in [3.05, 3.63) is 36.9 Å². The lowest BCUT2D eigenvalue weighted by Crippen LogP contribution is -1.98. The molecule has 1 unspecified atom stereocenters. The number of aromatic nitrogens is 1. The van der Waals surface area contributed by atoms with E-state index in [0.29, 0.717) is 19.9 Å². The van der Waals surface area contributed by atoms with E-state index in [-0.39, 0.29) is 0 Å². The second kappa shape index (κ2) is 4.16. The minimum absolute atomic E-state index is 0.510. The highest BCUT2D eigenvalue weighted by Gasteiger charge is 2.18. The lowest BCUT2D eigenvalue weighted by molar-refractivity contribution is 0.216. The third kappa shape index (κ3) is 1.94. The predicted octanol–water partition coefficient (Wildman–Crippen LogP) is 3.59. The van der Waals surface area contributed by atoms with E-state index in [1.807, 2.05) is 0 Å². The van der Waals surface area contributed by atoms with Crippen LogP contribution in [0.4, 0.5) is 0 Å². The minimum Gasteiger partial charge on any atom is -0.382 e. The Labute approximate surface area is 98.8 Å². The lowest BCUT2D eigenvalue weighted by Gasteiger charge is -2.05. The number of hydrogen-bond donors (Lipinski definition) is 1. The van der Waals surface area contributed by atoms with Crippen molar-refractivity contribution in [2.75, 3.05) is 0 Å². The van der Waals surface area contributed by atoms with Crippen molar-refractivity contribution in [1.82, 2.24) is 4.98 Å². The fourth-order valence-corrected chi connectivity index (χ4v) is 3.15. The molecule has 2 nitrogen and oxygen atoms in total. The molecule has 0 spiro atoms. The van der Waals surface area contributed by atoms with Gasteiger partial charge >= 0.3 is 0 Å². The van der Waals surface area contributed by atoms with Crippen LogP contribution in [0, 0.1) is 0 Å². The molecule has 0 fully saturated rings. The first-order chi connectivity index (χ1) is 6.68. The number of nitrogens with zero attached hydrogens (tertiary/aromatic N) is 1. The van der Waals surface area contributed by atoms with E-state index >= 15 is 0 Å². The Morgan fingerprint density at radius 3 is 2.71 bits per heavy atom. The molecule has 2 aromatic heterocycles. The third-order valence-electron chi connectivity index (χ3n) is 1.71. The maximum atomic E-state index is 9.88. The van der Waals surface area contributed by atoms with Crippen molar-refractivity contribution in [3.8, 4) is 0 Å². The van der Waals surface area contributed by atoms with Gasteiger partial charge in [-0.2, -0.15) is 0 Å². The van der Waals surface area contributed by atoms with Crippen LogP contribution in [-0.2, 0) is 0 Å². The zero-order chi connectivity index (χ0) is 10.1. The predicted molar refractivity (Wildman–Crippen MR) is 60.5 cm³/mol. The van der Waals surface area contributed by atoms with Crippen molar-refractivity contribution in [2.24, 2.45) is 0 Å². The summed E-state index contributed by atoms with van der Waals surface area (Å²) in [7, 11) is 0. The molecule has 1 N–H and O–H groups in total. The molecule has 0 aliphatic rings. The quantitative estimate of drug-likeness (QED) is 0.901. The van der Waals surface area contributed by atoms with Gasteiger partial charge in [0.2, 0.25) is 0 Å². The first kappa shape index (κ1) is 10.4. The molecule has 2 heterocycles. The fraction of sp³-hybridized carbons (Fsp3) is 0.125. The molecule has 74 valence electrons. The van der Waals surface area contributed by atoms with Crippen LogP contribution in [0.5, 0.6) is 0 Å². The fourth-order valence-electron chi connectivity index (χ4n) is 1.06. The normalized spacial score (nSPS) is 13.1. The van der Waals surface area contributed by atoms with Crippen LogP contribution in [0.15, 0.2) is 17.0 Å². The highest BCUT2D eigenvalue weighted by atomic mass is 35.5. The summed E-state index contributed by atoms with van der Waals surface area (Å²) in [5.74, 6) is 0. The Balaban J connectivity index is 2.36. The molecule has 2 rings (SSSR count). The summed E-state index contributed by atoms with van der Waals surface area (Å²) in [6.45, 7) is 0. The highest BCUT2D eigenvalue weighted by Crippen LogP contribution is 2.37. The second-order valence-corrected chi connectivity index (χ2v) is 5.60. The number of hydrogen-bond acceptors (Lipinski definition) is 4. The summed E-state index contributed by atoms with van der Waals surface area (Å²) in [5, 5.41) is 11.7. The molecule has 2 aromatic rings. The summed E-state index contributed by atoms with van der Waals surface area (Å²) in [5.41, 5.74) is 2.89. The zero-order valence-corrected chi connectivity index (χ0v) is 9.92. The molecular formula is C8H5Cl2NOS2. The van der Waals surface area contributed by atoms with Crippen LogP contribution in [0.25, 0.3) is 0 Å². The molecule has 0 aliphatic heterocycles. The number of rotatable bonds is 2. The average Bonchev–Trinajstić information content (AvgIpc) is 2.73. The van der Waals surface area contributed by atoms with Gasteiger partial charge in [-0.05, 0) is 6.07 Å². The van der Waals surface area contributed by atoms with Crippen molar-refractivity contribution in [1.29, 1.82) is 0 Å². The van der Waals surface area contributed by atoms with Gasteiger partial charge in [-0.3, -0.25) is 0 Å². The summed E-state index contributed by atoms with van der Waals surface area (Å²) in [6.07, 6.45) is -0.780. The van der Waals surface area contributed by atoms with Crippen LogP contribution >= 0.6 is 45.9 Å². The Bertz CT molecular complexity index is 426. The SMILES string of the molecule is OC(c1cscn1)c1cc(Cl)sc1Cl. The number of halogens is 2. The van der Waals surface area contributed by atoms with Crippen molar-refractivity contribution >= 4 is 45.9 Å². The van der Waals surface area contributed by atoms with Gasteiger partial charge in [0.05, 0.1) is 15.5 Å². The van der Waals surface area contributed by atoms with Crippen molar-refractivity contribution < 1.29 is 5.11 Å². The van der Waals surface area contributed by atoms with Crippen LogP contribution in [0.2, 0.25) is 8.67 Å². The number of aliphatic hydroxyl groups excluding tert-OH is 1. The van der Waals surface area contributed by atoms with Crippen LogP contribution in [0.3, 0.4) is 0 Å². The molecule has 0 saturated heterocycles. The minimum atomic E-state index is -0.780. The van der Waals surface area contributed by atoms with Crippen molar-refractivity contribution in [2.45, 2.75) is 6.10 Å². The van der Waals surface area contributed by atoms with Gasteiger partial charge in [-0.1, -0.05) is 23.2 Å². The van der Waals surface area contributed by atoms with E-state index in [1.54, 1.807) is 17.0 Å². The first-order valence-electron chi connectivity index (χ1n) is 3.69. The second-order valence-electron chi connectivity index (χ2n) is 2.60. The standard InChI is InChI=1S/C8H5Cl2NOS2/c9-6-1-4(8(10)14-6)7(12)5-2-13-3-11-5/h1-3,7,12H. The molecule has 0 radical (unpaired) electrons. The zero-order valence-electron chi connectivity index (χ0n) is 6.78. The Morgan fingerprint density at radius 1 is 1.43 bits per heavy atom. The van der Waals surface area contributed by atoms with Gasteiger partial charge in [-0.25, -0.2) is 4.98 Å². The van der Waals surface area contributed by atoms with E-state index in [9.17, 15) is 5.11 Å². The van der Waals surface area contributed by atoms with E-state index in [0.717, 1.165) is 0 Å². The first-order valence-corrected chi connectivity index (χ1v) is 6.21. The van der Waals surface area contributed by atoms with E-state index in [4.69, 9.17) is 23.2 Å². The number of aliphatic hydroxyl groups is 1. The van der Waals surface area contributed by atoms with Crippen molar-refractivity contribution in [3.63, 3.8) is 0 Å². The van der Waals surface area contributed by atoms with Gasteiger partial charge in [-0.15, -0.1) is 22.7 Å². The van der Waals surface area contributed by atoms with Gasteiger partial charge in [0.25, 0.3) is 0 Å². The average molecular weight is 266 g/mol. The molecule has 0 amide bonds. The van der Waals surface area contributed by atoms with Crippen LogP contribution in [-0.4, -0.2) is 10.1 Å².